The van der Waals surface area contributed by atoms with Crippen molar-refractivity contribution in [3.63, 3.8) is 0 Å². The molecule has 0 saturated heterocycles. The van der Waals surface area contributed by atoms with E-state index in [0.29, 0.717) is 43.1 Å². The number of esters is 4. The van der Waals surface area contributed by atoms with E-state index >= 15 is 19.2 Å². The van der Waals surface area contributed by atoms with Gasteiger partial charge >= 0.3 is 71.6 Å². The van der Waals surface area contributed by atoms with Crippen LogP contribution < -0.4 is 0 Å². The molecule has 22 heteroatoms. The smallest absolute Gasteiger partial charge is 0.347 e. The van der Waals surface area contributed by atoms with Gasteiger partial charge < -0.3 is 50.3 Å². The fraction of sp³-hybridized carbons (Fsp3) is 0. The van der Waals surface area contributed by atoms with E-state index in [-0.39, 0.29) is 48.5 Å². The van der Waals surface area contributed by atoms with Crippen LogP contribution in [0.1, 0.15) is 124 Å². The molecule has 15 aromatic rings. The molecule has 0 aliphatic rings. The molecule has 0 spiro atoms. The van der Waals surface area contributed by atoms with Crippen LogP contribution in [-0.4, -0.2) is 112 Å². The van der Waals surface area contributed by atoms with Gasteiger partial charge in [-0.1, -0.05) is 127 Å². The lowest BCUT2D eigenvalue weighted by Crippen LogP contribution is -2.26. The van der Waals surface area contributed by atoms with Crippen LogP contribution in [0.3, 0.4) is 0 Å². The van der Waals surface area contributed by atoms with Gasteiger partial charge in [0.05, 0.1) is 66.8 Å². The van der Waals surface area contributed by atoms with Gasteiger partial charge in [0.15, 0.2) is 0 Å². The highest BCUT2D eigenvalue weighted by Crippen LogP contribution is 2.50. The highest BCUT2D eigenvalue weighted by molar-refractivity contribution is 6.45. The van der Waals surface area contributed by atoms with Gasteiger partial charge in [-0.15, -0.1) is 0 Å². The summed E-state index contributed by atoms with van der Waals surface area (Å²) >= 11 is 0. The maximum absolute atomic E-state index is 16.2. The van der Waals surface area contributed by atoms with Gasteiger partial charge in [0.25, 0.3) is 0 Å². The molecule has 0 aliphatic heterocycles. The predicted molar refractivity (Wildman–Crippen MR) is 338 cm³/mol. The van der Waals surface area contributed by atoms with Crippen molar-refractivity contribution < 1.29 is 108 Å². The number of aromatic carboxylic acids is 8. The van der Waals surface area contributed by atoms with Gasteiger partial charge in [-0.3, -0.25) is 0 Å². The van der Waals surface area contributed by atoms with Gasteiger partial charge in [0, 0.05) is 48.5 Å². The number of carboxylic acid groups (broad SMARTS) is 8. The van der Waals surface area contributed by atoms with E-state index < -0.39 is 176 Å². The van der Waals surface area contributed by atoms with Crippen molar-refractivity contribution in [3.8, 4) is 0 Å². The molecule has 0 saturated carbocycles. The summed E-state index contributed by atoms with van der Waals surface area (Å²) in [5.74, 6) is -24.4. The Bertz CT molecular complexity index is 6260. The van der Waals surface area contributed by atoms with Crippen molar-refractivity contribution >= 4 is 201 Å². The van der Waals surface area contributed by atoms with E-state index in [4.69, 9.17) is 9.47 Å². The molecule has 94 heavy (non-hydrogen) atoms. The second kappa shape index (κ2) is 19.9. The molecule has 0 aliphatic carbocycles. The summed E-state index contributed by atoms with van der Waals surface area (Å²) in [5, 5.41) is 86.8. The van der Waals surface area contributed by atoms with E-state index in [1.54, 1.807) is 72.8 Å². The predicted octanol–water partition coefficient (Wildman–Crippen LogP) is 13.4. The maximum Gasteiger partial charge on any atom is 0.347 e. The fourth-order valence-electron chi connectivity index (χ4n) is 14.5. The number of carbonyl (C=O) groups is 12. The monoisotopic (exact) mass is 1250 g/mol. The molecule has 22 nitrogen and oxygen atoms in total. The molecule has 15 aromatic carbocycles. The summed E-state index contributed by atoms with van der Waals surface area (Å²) in [4.78, 5) is 173. The standard InChI is InChI=1S/C72H32O22/c73-61(74)37-22-19-31-28-13-1-7-25-10-4-16-34(40(25)28)46-43(31)49(37)52(64(79)80)55(67(85)86)57(46)69(89)93-71(91)59-48-36-18-6-12-27-9-3-15-30(42(27)36)33-21-24-39(63(77)78)51(45(33)48)54(66(83)84)60(59)72(92)94-70(90)58-47-35-17-5-11-26-8-2-14-29(41(26)35)32-20-23-38(62(75)76)50(44(32)47)53(65(81)82)56(58)68(87)88/h1-24H,(H,73,74)(H,75,76)(H,77,78)(H,79,80)(H,81,82)(H,83,84)(H,85,86)(H,87,88). The molecule has 0 bridgehead atoms. The van der Waals surface area contributed by atoms with Crippen molar-refractivity contribution in [1.82, 2.24) is 0 Å². The summed E-state index contributed by atoms with van der Waals surface area (Å²) in [5.41, 5.74) is -14.4. The number of carbonyl (C=O) groups excluding carboxylic acids is 4. The zero-order chi connectivity index (χ0) is 66.1. The lowest BCUT2D eigenvalue weighted by atomic mass is 9.81. The lowest BCUT2D eigenvalue weighted by molar-refractivity contribution is 0.0354. The summed E-state index contributed by atoms with van der Waals surface area (Å²) in [6.45, 7) is 0. The van der Waals surface area contributed by atoms with E-state index in [0.717, 1.165) is 18.2 Å². The first-order valence-corrected chi connectivity index (χ1v) is 28.0. The average molecular weight is 1250 g/mol. The highest BCUT2D eigenvalue weighted by atomic mass is 16.6. The van der Waals surface area contributed by atoms with Crippen LogP contribution in [0.4, 0.5) is 0 Å². The molecule has 0 radical (unpaired) electrons. The molecule has 0 aromatic heterocycles. The Hall–Kier alpha value is -13.8. The van der Waals surface area contributed by atoms with Crippen LogP contribution in [0.25, 0.3) is 129 Å². The Morgan fingerprint density at radius 3 is 0.670 bits per heavy atom. The summed E-state index contributed by atoms with van der Waals surface area (Å²) in [7, 11) is 0. The van der Waals surface area contributed by atoms with Crippen molar-refractivity contribution in [2.75, 3.05) is 0 Å². The first-order valence-electron chi connectivity index (χ1n) is 28.0. The van der Waals surface area contributed by atoms with Crippen LogP contribution in [0.15, 0.2) is 146 Å². The quantitative estimate of drug-likeness (QED) is 0.0244. The lowest BCUT2D eigenvalue weighted by Gasteiger charge is -2.23. The van der Waals surface area contributed by atoms with E-state index in [2.05, 4.69) is 0 Å². The minimum atomic E-state index is -2.23. The summed E-state index contributed by atoms with van der Waals surface area (Å²) in [6.07, 6.45) is 0. The van der Waals surface area contributed by atoms with Crippen LogP contribution >= 0.6 is 0 Å². The minimum Gasteiger partial charge on any atom is -0.478 e. The molecule has 0 heterocycles. The molecule has 8 N–H and O–H groups in total. The molecule has 0 amide bonds. The summed E-state index contributed by atoms with van der Waals surface area (Å²) in [6, 6.07) is 34.9. The van der Waals surface area contributed by atoms with Crippen molar-refractivity contribution in [2.24, 2.45) is 0 Å². The zero-order valence-electron chi connectivity index (χ0n) is 47.1. The fourth-order valence-corrected chi connectivity index (χ4v) is 14.5. The third-order valence-corrected chi connectivity index (χ3v) is 17.7. The van der Waals surface area contributed by atoms with E-state index in [9.17, 15) is 79.2 Å². The Morgan fingerprint density at radius 1 is 0.191 bits per heavy atom. The van der Waals surface area contributed by atoms with Crippen molar-refractivity contribution in [1.29, 1.82) is 0 Å². The van der Waals surface area contributed by atoms with E-state index in [1.807, 2.05) is 0 Å². The summed E-state index contributed by atoms with van der Waals surface area (Å²) < 4.78 is 11.4. The molecular weight excluding hydrogens is 1220 g/mol. The van der Waals surface area contributed by atoms with Gasteiger partial charge in [-0.05, 0) is 99.0 Å². The third-order valence-electron chi connectivity index (χ3n) is 17.7. The molecule has 0 atom stereocenters. The topological polar surface area (TPSA) is 385 Å². The van der Waals surface area contributed by atoms with Gasteiger partial charge in [0.2, 0.25) is 0 Å². The number of benzene rings is 15. The normalized spacial score (nSPS) is 11.8. The zero-order valence-corrected chi connectivity index (χ0v) is 47.1. The highest BCUT2D eigenvalue weighted by Gasteiger charge is 2.42. The van der Waals surface area contributed by atoms with Crippen LogP contribution in [0, 0.1) is 0 Å². The number of hydrogen-bond acceptors (Lipinski definition) is 14. The van der Waals surface area contributed by atoms with Crippen LogP contribution in [0.5, 0.6) is 0 Å². The first-order chi connectivity index (χ1) is 45.0. The van der Waals surface area contributed by atoms with Crippen LogP contribution in [0.2, 0.25) is 0 Å². The largest absolute Gasteiger partial charge is 0.478 e. The minimum absolute atomic E-state index is 0.00313. The number of fused-ring (bicyclic) bond motifs is 6. The number of ether oxygens (including phenoxy) is 2. The molecule has 452 valence electrons. The van der Waals surface area contributed by atoms with Crippen LogP contribution in [-0.2, 0) is 9.47 Å². The average Bonchev–Trinajstić information content (AvgIpc) is 0.708. The Kier molecular flexibility index (Phi) is 12.0. The maximum atomic E-state index is 16.2. The van der Waals surface area contributed by atoms with Crippen molar-refractivity contribution in [2.45, 2.75) is 0 Å². The first kappa shape index (κ1) is 56.7. The van der Waals surface area contributed by atoms with Gasteiger partial charge in [-0.2, -0.15) is 0 Å². The SMILES string of the molecule is O=C(O)c1c(C(=O)O)c2c(C(=O)O)ccc3c4cccc5cccc(c(c1C(=O)OC(=O)c1c(C(=O)O)c6c(C(=O)O)ccc7c8cccc9cccc(c(c1C(=O)OC(=O)c1c(C(=O)O)c(C(=O)O)c%10c(C(=O)O)ccc%11c%12cccc%13cccc(c1c%10%11)c%13%12)c67)c98)c23)c54. The second-order valence-electron chi connectivity index (χ2n) is 22.2. The number of carboxylic acids is 8. The Labute approximate surface area is 519 Å². The second-order valence-corrected chi connectivity index (χ2v) is 22.2. The molecule has 0 fully saturated rings. The third kappa shape index (κ3) is 7.51. The molecular formula is C72H32O22. The van der Waals surface area contributed by atoms with E-state index in [1.165, 1.54) is 54.6 Å². The molecule has 0 unspecified atom stereocenters. The number of hydrogen-bond donors (Lipinski definition) is 8. The Morgan fingerprint density at radius 2 is 0.415 bits per heavy atom. The van der Waals surface area contributed by atoms with Crippen molar-refractivity contribution in [3.05, 3.63) is 212 Å². The number of rotatable bonds is 12. The molecule has 15 rings (SSSR count). The van der Waals surface area contributed by atoms with Gasteiger partial charge in [-0.25, -0.2) is 57.5 Å². The Balaban J connectivity index is 1.06. The van der Waals surface area contributed by atoms with Gasteiger partial charge in [0.1, 0.15) is 0 Å².